The first-order chi connectivity index (χ1) is 8.56. The first-order valence-electron chi connectivity index (χ1n) is 5.39. The number of methoxy groups -OCH3 is 1. The van der Waals surface area contributed by atoms with E-state index in [9.17, 15) is 4.79 Å². The number of fused-ring (bicyclic) bond motifs is 1. The van der Waals surface area contributed by atoms with Gasteiger partial charge in [-0.25, -0.2) is 0 Å². The van der Waals surface area contributed by atoms with E-state index in [-0.39, 0.29) is 5.91 Å². The second-order valence-electron chi connectivity index (χ2n) is 4.04. The Hall–Kier alpha value is -1.81. The monoisotopic (exact) mass is 264 g/mol. The smallest absolute Gasteiger partial charge is 0.256 e. The number of aromatic nitrogens is 1. The van der Waals surface area contributed by atoms with E-state index in [1.165, 1.54) is 11.1 Å². The van der Waals surface area contributed by atoms with E-state index >= 15 is 0 Å². The van der Waals surface area contributed by atoms with Crippen molar-refractivity contribution in [2.75, 3.05) is 21.2 Å². The predicted octanol–water partition coefficient (Wildman–Crippen LogP) is 2.60. The van der Waals surface area contributed by atoms with E-state index in [4.69, 9.17) is 16.3 Å². The van der Waals surface area contributed by atoms with E-state index < -0.39 is 0 Å². The van der Waals surface area contributed by atoms with Crippen LogP contribution in [0.2, 0.25) is 5.02 Å². The average Bonchev–Trinajstić information content (AvgIpc) is 2.38. The van der Waals surface area contributed by atoms with Gasteiger partial charge >= 0.3 is 0 Å². The number of amides is 1. The summed E-state index contributed by atoms with van der Waals surface area (Å²) in [6, 6.07) is 5.44. The summed E-state index contributed by atoms with van der Waals surface area (Å²) in [5.74, 6) is 0.468. The molecule has 1 amide bonds. The fourth-order valence-electron chi connectivity index (χ4n) is 1.72. The van der Waals surface area contributed by atoms with Gasteiger partial charge in [-0.1, -0.05) is 23.7 Å². The first-order valence-corrected chi connectivity index (χ1v) is 5.77. The van der Waals surface area contributed by atoms with Crippen molar-refractivity contribution in [2.24, 2.45) is 0 Å². The molecule has 4 nitrogen and oxygen atoms in total. The van der Waals surface area contributed by atoms with Crippen LogP contribution in [-0.2, 0) is 0 Å². The van der Waals surface area contributed by atoms with Gasteiger partial charge in [0.15, 0.2) is 0 Å². The molecule has 0 saturated carbocycles. The molecule has 0 aliphatic carbocycles. The molecule has 0 radical (unpaired) electrons. The summed E-state index contributed by atoms with van der Waals surface area (Å²) >= 11 is 6.27. The van der Waals surface area contributed by atoms with Crippen LogP contribution in [0.25, 0.3) is 10.9 Å². The van der Waals surface area contributed by atoms with Gasteiger partial charge < -0.3 is 9.64 Å². The zero-order chi connectivity index (χ0) is 13.3. The molecule has 5 heteroatoms. The fraction of sp³-hybridized carbons (Fsp3) is 0.231. The molecule has 0 aliphatic heterocycles. The van der Waals surface area contributed by atoms with Gasteiger partial charge in [-0.05, 0) is 6.07 Å². The van der Waals surface area contributed by atoms with Crippen LogP contribution >= 0.6 is 11.6 Å². The standard InChI is InChI=1S/C13H13ClN2O2/c1-16(2)13(17)9-7-15-12-8(11(9)14)5-4-6-10(12)18-3/h4-7H,1-3H3. The number of nitrogens with zero attached hydrogens (tertiary/aromatic N) is 2. The molecule has 0 unspecified atom stereocenters. The second-order valence-corrected chi connectivity index (χ2v) is 4.42. The molecule has 2 aromatic rings. The lowest BCUT2D eigenvalue weighted by Crippen LogP contribution is -2.22. The number of rotatable bonds is 2. The molecule has 0 N–H and O–H groups in total. The average molecular weight is 265 g/mol. The normalized spacial score (nSPS) is 10.4. The lowest BCUT2D eigenvalue weighted by molar-refractivity contribution is 0.0827. The summed E-state index contributed by atoms with van der Waals surface area (Å²) in [5.41, 5.74) is 1.04. The number of carbonyl (C=O) groups excluding carboxylic acids is 1. The van der Waals surface area contributed by atoms with E-state index in [2.05, 4.69) is 4.98 Å². The lowest BCUT2D eigenvalue weighted by atomic mass is 10.1. The van der Waals surface area contributed by atoms with Gasteiger partial charge in [0.1, 0.15) is 11.3 Å². The molecule has 0 saturated heterocycles. The molecule has 0 fully saturated rings. The van der Waals surface area contributed by atoms with Crippen LogP contribution in [0.15, 0.2) is 24.4 Å². The molecule has 0 bridgehead atoms. The quantitative estimate of drug-likeness (QED) is 0.837. The summed E-state index contributed by atoms with van der Waals surface area (Å²) in [5, 5.41) is 1.11. The molecular formula is C13H13ClN2O2. The molecule has 1 aromatic heterocycles. The number of carbonyl (C=O) groups is 1. The Morgan fingerprint density at radius 1 is 1.39 bits per heavy atom. The zero-order valence-corrected chi connectivity index (χ0v) is 11.2. The molecule has 0 aliphatic rings. The number of ether oxygens (including phenoxy) is 1. The van der Waals surface area contributed by atoms with Crippen LogP contribution in [0.4, 0.5) is 0 Å². The molecular weight excluding hydrogens is 252 g/mol. The van der Waals surface area contributed by atoms with E-state index in [0.29, 0.717) is 27.2 Å². The van der Waals surface area contributed by atoms with Crippen molar-refractivity contribution in [3.8, 4) is 5.75 Å². The first kappa shape index (κ1) is 12.6. The van der Waals surface area contributed by atoms with E-state index in [0.717, 1.165) is 0 Å². The fourth-order valence-corrected chi connectivity index (χ4v) is 2.00. The summed E-state index contributed by atoms with van der Waals surface area (Å²) in [6.07, 6.45) is 1.48. The minimum Gasteiger partial charge on any atom is -0.494 e. The SMILES string of the molecule is COc1cccc2c(Cl)c(C(=O)N(C)C)cnc12. The summed E-state index contributed by atoms with van der Waals surface area (Å²) in [7, 11) is 4.92. The van der Waals surface area contributed by atoms with Crippen LogP contribution in [0.1, 0.15) is 10.4 Å². The highest BCUT2D eigenvalue weighted by molar-refractivity contribution is 6.38. The minimum absolute atomic E-state index is 0.169. The Kier molecular flexibility index (Phi) is 3.39. The molecule has 0 spiro atoms. The van der Waals surface area contributed by atoms with E-state index in [1.54, 1.807) is 27.3 Å². The summed E-state index contributed by atoms with van der Waals surface area (Å²) < 4.78 is 5.21. The third-order valence-electron chi connectivity index (χ3n) is 2.65. The predicted molar refractivity (Wildman–Crippen MR) is 71.3 cm³/mol. The highest BCUT2D eigenvalue weighted by Crippen LogP contribution is 2.31. The maximum Gasteiger partial charge on any atom is 0.256 e. The van der Waals surface area contributed by atoms with Gasteiger partial charge in [0.05, 0.1) is 17.7 Å². The van der Waals surface area contributed by atoms with Gasteiger partial charge in [-0.15, -0.1) is 0 Å². The Bertz CT molecular complexity index is 611. The van der Waals surface area contributed by atoms with Crippen LogP contribution in [0.5, 0.6) is 5.75 Å². The van der Waals surface area contributed by atoms with Gasteiger partial charge in [0, 0.05) is 25.7 Å². The third-order valence-corrected chi connectivity index (χ3v) is 3.06. The van der Waals surface area contributed by atoms with Crippen molar-refractivity contribution in [3.63, 3.8) is 0 Å². The van der Waals surface area contributed by atoms with Gasteiger partial charge in [0.2, 0.25) is 0 Å². The Morgan fingerprint density at radius 2 is 2.11 bits per heavy atom. The van der Waals surface area contributed by atoms with Crippen molar-refractivity contribution >= 4 is 28.4 Å². The molecule has 1 aromatic carbocycles. The van der Waals surface area contributed by atoms with Crippen molar-refractivity contribution in [1.82, 2.24) is 9.88 Å². The molecule has 2 rings (SSSR count). The van der Waals surface area contributed by atoms with Crippen molar-refractivity contribution in [3.05, 3.63) is 35.0 Å². The Morgan fingerprint density at radius 3 is 2.72 bits per heavy atom. The number of benzene rings is 1. The Balaban J connectivity index is 2.69. The molecule has 1 heterocycles. The van der Waals surface area contributed by atoms with Crippen LogP contribution in [0.3, 0.4) is 0 Å². The topological polar surface area (TPSA) is 42.4 Å². The maximum atomic E-state index is 11.9. The Labute approximate surface area is 110 Å². The highest BCUT2D eigenvalue weighted by Gasteiger charge is 2.16. The lowest BCUT2D eigenvalue weighted by Gasteiger charge is -2.13. The molecule has 94 valence electrons. The number of pyridine rings is 1. The van der Waals surface area contributed by atoms with Crippen molar-refractivity contribution < 1.29 is 9.53 Å². The minimum atomic E-state index is -0.169. The number of hydrogen-bond donors (Lipinski definition) is 0. The maximum absolute atomic E-state index is 11.9. The number of hydrogen-bond acceptors (Lipinski definition) is 3. The van der Waals surface area contributed by atoms with Crippen LogP contribution < -0.4 is 4.74 Å². The summed E-state index contributed by atoms with van der Waals surface area (Å²) in [4.78, 5) is 17.7. The zero-order valence-electron chi connectivity index (χ0n) is 10.4. The highest BCUT2D eigenvalue weighted by atomic mass is 35.5. The van der Waals surface area contributed by atoms with Crippen LogP contribution in [-0.4, -0.2) is 37.0 Å². The van der Waals surface area contributed by atoms with Gasteiger partial charge in [0.25, 0.3) is 5.91 Å². The molecule has 0 atom stereocenters. The molecule has 18 heavy (non-hydrogen) atoms. The van der Waals surface area contributed by atoms with Crippen LogP contribution in [0, 0.1) is 0 Å². The third kappa shape index (κ3) is 1.99. The van der Waals surface area contributed by atoms with Crippen molar-refractivity contribution in [2.45, 2.75) is 0 Å². The van der Waals surface area contributed by atoms with Gasteiger partial charge in [-0.2, -0.15) is 0 Å². The van der Waals surface area contributed by atoms with Gasteiger partial charge in [-0.3, -0.25) is 9.78 Å². The number of para-hydroxylation sites is 1. The largest absolute Gasteiger partial charge is 0.494 e. The second kappa shape index (κ2) is 4.82. The summed E-state index contributed by atoms with van der Waals surface area (Å²) in [6.45, 7) is 0. The van der Waals surface area contributed by atoms with E-state index in [1.807, 2.05) is 12.1 Å². The number of halogens is 1. The van der Waals surface area contributed by atoms with Crippen molar-refractivity contribution in [1.29, 1.82) is 0 Å².